The van der Waals surface area contributed by atoms with Crippen LogP contribution >= 0.6 is 0 Å². The van der Waals surface area contributed by atoms with Gasteiger partial charge in [-0.2, -0.15) is 0 Å². The molecule has 0 saturated heterocycles. The third-order valence-electron chi connectivity index (χ3n) is 2.29. The van der Waals surface area contributed by atoms with E-state index in [2.05, 4.69) is 5.43 Å². The Kier molecular flexibility index (Phi) is 3.29. The summed E-state index contributed by atoms with van der Waals surface area (Å²) in [5.41, 5.74) is 2.93. The summed E-state index contributed by atoms with van der Waals surface area (Å²) < 4.78 is 1.50. The van der Waals surface area contributed by atoms with Crippen LogP contribution in [0.25, 0.3) is 0 Å². The summed E-state index contributed by atoms with van der Waals surface area (Å²) in [4.78, 5) is 21.8. The largest absolute Gasteiger partial charge is 0.305 e. The zero-order chi connectivity index (χ0) is 13.0. The maximum atomic E-state index is 11.8. The van der Waals surface area contributed by atoms with E-state index in [-0.39, 0.29) is 11.6 Å². The first kappa shape index (κ1) is 11.7. The number of rotatable bonds is 3. The highest BCUT2D eigenvalue weighted by Crippen LogP contribution is 2.11. The van der Waals surface area contributed by atoms with Crippen molar-refractivity contribution in [1.29, 1.82) is 0 Å². The molecule has 0 saturated carbocycles. The fourth-order valence-corrected chi connectivity index (χ4v) is 1.39. The normalized spacial score (nSPS) is 9.78. The molecule has 0 aliphatic carbocycles. The molecule has 6 nitrogen and oxygen atoms in total. The Labute approximate surface area is 103 Å². The number of nitro groups is 1. The van der Waals surface area contributed by atoms with Gasteiger partial charge in [0, 0.05) is 29.8 Å². The van der Waals surface area contributed by atoms with Crippen LogP contribution in [0.2, 0.25) is 0 Å². The van der Waals surface area contributed by atoms with Gasteiger partial charge in [-0.3, -0.25) is 14.9 Å². The average molecular weight is 244 g/mol. The molecule has 1 heterocycles. The molecule has 2 rings (SSSR count). The molecular weight excluding hydrogens is 234 g/mol. The zero-order valence-electron chi connectivity index (χ0n) is 9.32. The first-order chi connectivity index (χ1) is 8.66. The Morgan fingerprint density at radius 3 is 2.28 bits per heavy atom. The summed E-state index contributed by atoms with van der Waals surface area (Å²) in [6.07, 6.45) is 3.37. The van der Waals surface area contributed by atoms with Gasteiger partial charge in [0.2, 0.25) is 0 Å². The Bertz CT molecular complexity index is 567. The smallest absolute Gasteiger partial charge is 0.264 e. The van der Waals surface area contributed by atoms with Crippen LogP contribution in [0.4, 0.5) is 5.69 Å². The maximum Gasteiger partial charge on any atom is 0.305 e. The SMILES string of the molecule is O=C(N[n+]1ccccc1)c1ccc([N+](=O)[O-])cc1. The van der Waals surface area contributed by atoms with Crippen molar-refractivity contribution >= 4 is 11.6 Å². The van der Waals surface area contributed by atoms with Crippen molar-refractivity contribution in [3.8, 4) is 0 Å². The summed E-state index contributed by atoms with van der Waals surface area (Å²) in [5.74, 6) is -0.332. The van der Waals surface area contributed by atoms with Crippen LogP contribution in [0.1, 0.15) is 10.4 Å². The molecule has 2 aromatic rings. The number of aromatic nitrogens is 1. The molecule has 0 aliphatic heterocycles. The second kappa shape index (κ2) is 5.05. The van der Waals surface area contributed by atoms with E-state index in [4.69, 9.17) is 0 Å². The van der Waals surface area contributed by atoms with Crippen molar-refractivity contribution in [1.82, 2.24) is 0 Å². The summed E-state index contributed by atoms with van der Waals surface area (Å²) in [6.45, 7) is 0. The van der Waals surface area contributed by atoms with Crippen LogP contribution in [-0.2, 0) is 0 Å². The lowest BCUT2D eigenvalue weighted by molar-refractivity contribution is -0.641. The van der Waals surface area contributed by atoms with Crippen molar-refractivity contribution in [2.45, 2.75) is 0 Å². The average Bonchev–Trinajstić information content (AvgIpc) is 2.40. The van der Waals surface area contributed by atoms with Crippen LogP contribution in [0.15, 0.2) is 54.9 Å². The van der Waals surface area contributed by atoms with E-state index < -0.39 is 4.92 Å². The number of nitrogens with one attached hydrogen (secondary N) is 1. The van der Waals surface area contributed by atoms with Gasteiger partial charge in [0.25, 0.3) is 5.69 Å². The zero-order valence-corrected chi connectivity index (χ0v) is 9.32. The standard InChI is InChI=1S/C12H9N3O3/c16-12(13-14-8-2-1-3-9-14)10-4-6-11(7-5-10)15(17)18/h1-9H/p+1. The summed E-state index contributed by atoms with van der Waals surface area (Å²) >= 11 is 0. The molecule has 6 heteroatoms. The molecule has 1 N–H and O–H groups in total. The molecule has 0 radical (unpaired) electrons. The minimum Gasteiger partial charge on any atom is -0.264 e. The summed E-state index contributed by atoms with van der Waals surface area (Å²) in [6, 6.07) is 10.8. The van der Waals surface area contributed by atoms with Crippen molar-refractivity contribution in [3.63, 3.8) is 0 Å². The van der Waals surface area contributed by atoms with E-state index in [1.165, 1.54) is 28.9 Å². The quantitative estimate of drug-likeness (QED) is 0.501. The van der Waals surface area contributed by atoms with Gasteiger partial charge in [-0.15, -0.1) is 5.43 Å². The van der Waals surface area contributed by atoms with Crippen LogP contribution in [-0.4, -0.2) is 10.8 Å². The third-order valence-corrected chi connectivity index (χ3v) is 2.29. The number of carbonyl (C=O) groups excluding carboxylic acids is 1. The topological polar surface area (TPSA) is 76.1 Å². The number of amides is 1. The number of nitrogens with zero attached hydrogens (tertiary/aromatic N) is 2. The van der Waals surface area contributed by atoms with Gasteiger partial charge in [0.05, 0.1) is 4.92 Å². The molecule has 0 spiro atoms. The van der Waals surface area contributed by atoms with Gasteiger partial charge in [-0.25, -0.2) is 0 Å². The van der Waals surface area contributed by atoms with Gasteiger partial charge in [0.1, 0.15) is 0 Å². The number of benzene rings is 1. The monoisotopic (exact) mass is 244 g/mol. The second-order valence-electron chi connectivity index (χ2n) is 3.53. The Hall–Kier alpha value is -2.76. The molecule has 90 valence electrons. The van der Waals surface area contributed by atoms with Gasteiger partial charge >= 0.3 is 5.91 Å². The van der Waals surface area contributed by atoms with E-state index in [9.17, 15) is 14.9 Å². The van der Waals surface area contributed by atoms with E-state index in [1.54, 1.807) is 24.5 Å². The van der Waals surface area contributed by atoms with Crippen LogP contribution in [0.5, 0.6) is 0 Å². The summed E-state index contributed by atoms with van der Waals surface area (Å²) in [5, 5.41) is 10.5. The number of carbonyl (C=O) groups is 1. The lowest BCUT2D eigenvalue weighted by Crippen LogP contribution is -2.47. The predicted octanol–water partition coefficient (Wildman–Crippen LogP) is 1.27. The van der Waals surface area contributed by atoms with E-state index in [1.807, 2.05) is 6.07 Å². The van der Waals surface area contributed by atoms with Crippen LogP contribution < -0.4 is 10.1 Å². The highest BCUT2D eigenvalue weighted by Gasteiger charge is 2.12. The number of pyridine rings is 1. The molecular formula is C12H10N3O3+. The number of non-ortho nitro benzene ring substituents is 1. The van der Waals surface area contributed by atoms with Crippen molar-refractivity contribution in [3.05, 3.63) is 70.5 Å². The van der Waals surface area contributed by atoms with E-state index in [0.29, 0.717) is 5.56 Å². The molecule has 1 aromatic heterocycles. The molecule has 0 atom stereocenters. The minimum atomic E-state index is -0.506. The van der Waals surface area contributed by atoms with Crippen molar-refractivity contribution < 1.29 is 14.4 Å². The molecule has 1 aromatic carbocycles. The molecule has 0 unspecified atom stereocenters. The number of hydrogen-bond donors (Lipinski definition) is 1. The summed E-state index contributed by atoms with van der Waals surface area (Å²) in [7, 11) is 0. The molecule has 1 amide bonds. The Balaban J connectivity index is 2.12. The third kappa shape index (κ3) is 2.67. The first-order valence-electron chi connectivity index (χ1n) is 5.19. The first-order valence-corrected chi connectivity index (χ1v) is 5.19. The van der Waals surface area contributed by atoms with E-state index in [0.717, 1.165) is 0 Å². The number of hydrogen-bond acceptors (Lipinski definition) is 3. The van der Waals surface area contributed by atoms with Crippen molar-refractivity contribution in [2.75, 3.05) is 5.43 Å². The van der Waals surface area contributed by atoms with E-state index >= 15 is 0 Å². The number of nitro benzene ring substituents is 1. The fraction of sp³-hybridized carbons (Fsp3) is 0. The Morgan fingerprint density at radius 1 is 1.11 bits per heavy atom. The van der Waals surface area contributed by atoms with Crippen molar-refractivity contribution in [2.24, 2.45) is 0 Å². The second-order valence-corrected chi connectivity index (χ2v) is 3.53. The molecule has 0 fully saturated rings. The van der Waals surface area contributed by atoms with Crippen LogP contribution in [0, 0.1) is 10.1 Å². The highest BCUT2D eigenvalue weighted by molar-refractivity contribution is 5.98. The molecule has 18 heavy (non-hydrogen) atoms. The van der Waals surface area contributed by atoms with Gasteiger partial charge in [-0.05, 0) is 12.1 Å². The highest BCUT2D eigenvalue weighted by atomic mass is 16.6. The molecule has 0 bridgehead atoms. The minimum absolute atomic E-state index is 0.0427. The molecule has 0 aliphatic rings. The predicted molar refractivity (Wildman–Crippen MR) is 63.4 cm³/mol. The lowest BCUT2D eigenvalue weighted by Gasteiger charge is -1.99. The fourth-order valence-electron chi connectivity index (χ4n) is 1.39. The van der Waals surface area contributed by atoms with Gasteiger partial charge in [-0.1, -0.05) is 10.7 Å². The van der Waals surface area contributed by atoms with Gasteiger partial charge in [0.15, 0.2) is 12.4 Å². The van der Waals surface area contributed by atoms with Gasteiger partial charge < -0.3 is 0 Å². The maximum absolute atomic E-state index is 11.8. The van der Waals surface area contributed by atoms with Crippen LogP contribution in [0.3, 0.4) is 0 Å². The Morgan fingerprint density at radius 2 is 1.72 bits per heavy atom. The lowest BCUT2D eigenvalue weighted by atomic mass is 10.2.